The first-order valence-corrected chi connectivity index (χ1v) is 9.01. The monoisotopic (exact) mass is 377 g/mol. The highest BCUT2D eigenvalue weighted by Crippen LogP contribution is 2.46. The molecule has 7 N–H and O–H groups in total. The summed E-state index contributed by atoms with van der Waals surface area (Å²) in [5, 5.41) is 52.3. The van der Waals surface area contributed by atoms with E-state index in [-0.39, 0.29) is 19.1 Å². The summed E-state index contributed by atoms with van der Waals surface area (Å²) in [4.78, 5) is 0. The SMILES string of the molecule is CNC[C@]1(O)C[C@@H](C)O[C@H]2O[C@@H]3[C@@H](O)[C@H](NC)[C@H](O)[C@H](NC)[C@H]3O[C@]21O. The van der Waals surface area contributed by atoms with Gasteiger partial charge in [-0.25, -0.2) is 0 Å². The van der Waals surface area contributed by atoms with Crippen LogP contribution < -0.4 is 16.0 Å². The third-order valence-corrected chi connectivity index (χ3v) is 5.82. The van der Waals surface area contributed by atoms with Gasteiger partial charge in [0.15, 0.2) is 0 Å². The highest BCUT2D eigenvalue weighted by Gasteiger charge is 2.68. The number of rotatable bonds is 4. The van der Waals surface area contributed by atoms with Gasteiger partial charge in [0.2, 0.25) is 12.1 Å². The lowest BCUT2D eigenvalue weighted by Gasteiger charge is -2.60. The van der Waals surface area contributed by atoms with Crippen LogP contribution in [0.25, 0.3) is 0 Å². The Morgan fingerprint density at radius 3 is 2.19 bits per heavy atom. The highest BCUT2D eigenvalue weighted by molar-refractivity contribution is 5.12. The third kappa shape index (κ3) is 2.89. The van der Waals surface area contributed by atoms with Gasteiger partial charge in [0.25, 0.3) is 0 Å². The molecule has 0 aromatic heterocycles. The molecule has 0 aromatic carbocycles. The number of aliphatic hydroxyl groups excluding tert-OH is 2. The van der Waals surface area contributed by atoms with E-state index in [1.54, 1.807) is 28.1 Å². The van der Waals surface area contributed by atoms with E-state index in [9.17, 15) is 20.4 Å². The van der Waals surface area contributed by atoms with Crippen LogP contribution in [-0.4, -0.2) is 108 Å². The summed E-state index contributed by atoms with van der Waals surface area (Å²) in [7, 11) is 4.94. The molecular weight excluding hydrogens is 346 g/mol. The van der Waals surface area contributed by atoms with E-state index in [4.69, 9.17) is 14.2 Å². The second-order valence-electron chi connectivity index (χ2n) is 7.53. The molecule has 2 saturated heterocycles. The predicted octanol–water partition coefficient (Wildman–Crippen LogP) is -3.54. The Kier molecular flexibility index (Phi) is 5.64. The molecule has 0 radical (unpaired) electrons. The molecule has 3 rings (SSSR count). The van der Waals surface area contributed by atoms with Gasteiger partial charge in [-0.05, 0) is 28.1 Å². The van der Waals surface area contributed by atoms with Crippen molar-refractivity contribution in [3.8, 4) is 0 Å². The van der Waals surface area contributed by atoms with Crippen LogP contribution in [-0.2, 0) is 14.2 Å². The summed E-state index contributed by atoms with van der Waals surface area (Å²) < 4.78 is 17.5. The minimum Gasteiger partial charge on any atom is -0.390 e. The number of aliphatic hydroxyl groups is 4. The number of nitrogens with one attached hydrogen (secondary N) is 3. The molecule has 0 spiro atoms. The van der Waals surface area contributed by atoms with E-state index in [1.165, 1.54) is 0 Å². The van der Waals surface area contributed by atoms with Crippen molar-refractivity contribution in [1.29, 1.82) is 0 Å². The second kappa shape index (κ2) is 7.21. The van der Waals surface area contributed by atoms with E-state index >= 15 is 0 Å². The van der Waals surface area contributed by atoms with Crippen molar-refractivity contribution in [2.24, 2.45) is 0 Å². The Bertz CT molecular complexity index is 514. The van der Waals surface area contributed by atoms with Gasteiger partial charge >= 0.3 is 0 Å². The second-order valence-corrected chi connectivity index (χ2v) is 7.53. The van der Waals surface area contributed by atoms with Crippen molar-refractivity contribution in [3.05, 3.63) is 0 Å². The zero-order valence-electron chi connectivity index (χ0n) is 15.5. The summed E-state index contributed by atoms with van der Waals surface area (Å²) in [6, 6.07) is -1.29. The molecule has 2 heterocycles. The number of ether oxygens (including phenoxy) is 3. The Balaban J connectivity index is 1.96. The molecule has 0 bridgehead atoms. The minimum absolute atomic E-state index is 0.0584. The predicted molar refractivity (Wildman–Crippen MR) is 90.2 cm³/mol. The first kappa shape index (κ1) is 20.3. The maximum Gasteiger partial charge on any atom is 0.249 e. The van der Waals surface area contributed by atoms with Crippen LogP contribution in [0.5, 0.6) is 0 Å². The molecule has 10 atom stereocenters. The summed E-state index contributed by atoms with van der Waals surface area (Å²) in [6.45, 7) is 1.83. The maximum atomic E-state index is 11.2. The summed E-state index contributed by atoms with van der Waals surface area (Å²) in [6.07, 6.45) is -5.36. The molecule has 0 unspecified atom stereocenters. The lowest BCUT2D eigenvalue weighted by Crippen LogP contribution is -2.81. The Morgan fingerprint density at radius 2 is 1.62 bits per heavy atom. The van der Waals surface area contributed by atoms with Crippen LogP contribution in [0.15, 0.2) is 0 Å². The fourth-order valence-corrected chi connectivity index (χ4v) is 4.52. The van der Waals surface area contributed by atoms with Crippen LogP contribution in [0.2, 0.25) is 0 Å². The Labute approximate surface area is 152 Å². The average molecular weight is 377 g/mol. The Hall–Kier alpha value is -0.400. The van der Waals surface area contributed by atoms with Crippen molar-refractivity contribution in [3.63, 3.8) is 0 Å². The standard InChI is InChI=1S/C16H31N3O7/c1-7-5-15(22,6-17-2)16(23)14(24-7)25-13-11(21)8(18-3)10(20)9(19-4)12(13)26-16/h7-14,17-23H,5-6H2,1-4H3/t7-,8-,9+,10+,11+,12-,13-,14+,15-,16-/m1/s1. The van der Waals surface area contributed by atoms with Crippen LogP contribution in [0.1, 0.15) is 13.3 Å². The quantitative estimate of drug-likeness (QED) is 0.263. The zero-order valence-corrected chi connectivity index (χ0v) is 15.5. The van der Waals surface area contributed by atoms with Crippen molar-refractivity contribution in [1.82, 2.24) is 16.0 Å². The zero-order chi connectivity index (χ0) is 19.3. The molecule has 0 amide bonds. The lowest BCUT2D eigenvalue weighted by molar-refractivity contribution is -0.482. The average Bonchev–Trinajstić information content (AvgIpc) is 2.56. The van der Waals surface area contributed by atoms with Gasteiger partial charge in [-0.3, -0.25) is 0 Å². The van der Waals surface area contributed by atoms with Gasteiger partial charge in [0.05, 0.1) is 24.3 Å². The van der Waals surface area contributed by atoms with E-state index in [1.807, 2.05) is 0 Å². The largest absolute Gasteiger partial charge is 0.390 e. The van der Waals surface area contributed by atoms with Crippen molar-refractivity contribution in [2.75, 3.05) is 27.7 Å². The van der Waals surface area contributed by atoms with Crippen LogP contribution in [0.3, 0.4) is 0 Å². The van der Waals surface area contributed by atoms with Gasteiger partial charge in [0.1, 0.15) is 23.9 Å². The molecular formula is C16H31N3O7. The van der Waals surface area contributed by atoms with Crippen LogP contribution in [0, 0.1) is 0 Å². The van der Waals surface area contributed by atoms with E-state index < -0.39 is 54.2 Å². The smallest absolute Gasteiger partial charge is 0.249 e. The third-order valence-electron chi connectivity index (χ3n) is 5.82. The molecule has 1 aliphatic carbocycles. The van der Waals surface area contributed by atoms with Crippen molar-refractivity contribution < 1.29 is 34.6 Å². The summed E-state index contributed by atoms with van der Waals surface area (Å²) in [5.74, 6) is -2.15. The van der Waals surface area contributed by atoms with E-state index in [2.05, 4.69) is 16.0 Å². The van der Waals surface area contributed by atoms with Crippen molar-refractivity contribution >= 4 is 0 Å². The van der Waals surface area contributed by atoms with E-state index in [0.717, 1.165) is 0 Å². The topological polar surface area (TPSA) is 145 Å². The maximum absolute atomic E-state index is 11.2. The molecule has 10 heteroatoms. The van der Waals surface area contributed by atoms with Crippen LogP contribution >= 0.6 is 0 Å². The molecule has 3 aliphatic rings. The van der Waals surface area contributed by atoms with Gasteiger partial charge in [0, 0.05) is 13.0 Å². The molecule has 0 aromatic rings. The summed E-state index contributed by atoms with van der Waals surface area (Å²) in [5.41, 5.74) is -1.66. The molecule has 152 valence electrons. The van der Waals surface area contributed by atoms with Crippen molar-refractivity contribution in [2.45, 2.75) is 73.6 Å². The normalized spacial score (nSPS) is 54.5. The molecule has 1 saturated carbocycles. The van der Waals surface area contributed by atoms with Crippen LogP contribution in [0.4, 0.5) is 0 Å². The van der Waals surface area contributed by atoms with E-state index in [0.29, 0.717) is 0 Å². The molecule has 26 heavy (non-hydrogen) atoms. The molecule has 2 aliphatic heterocycles. The number of hydrogen-bond donors (Lipinski definition) is 7. The van der Waals surface area contributed by atoms with Gasteiger partial charge in [-0.15, -0.1) is 0 Å². The van der Waals surface area contributed by atoms with Gasteiger partial charge < -0.3 is 50.6 Å². The minimum atomic E-state index is -2.15. The fourth-order valence-electron chi connectivity index (χ4n) is 4.52. The fraction of sp³-hybridized carbons (Fsp3) is 1.00. The summed E-state index contributed by atoms with van der Waals surface area (Å²) >= 11 is 0. The van der Waals surface area contributed by atoms with Gasteiger partial charge in [-0.1, -0.05) is 0 Å². The van der Waals surface area contributed by atoms with Gasteiger partial charge in [-0.2, -0.15) is 0 Å². The molecule has 10 nitrogen and oxygen atoms in total. The number of likely N-dealkylation sites (N-methyl/N-ethyl adjacent to an activating group) is 3. The number of fused-ring (bicyclic) bond motifs is 2. The first-order valence-electron chi connectivity index (χ1n) is 9.01. The first-order chi connectivity index (χ1) is 12.2. The lowest BCUT2D eigenvalue weighted by atomic mass is 9.77. The Morgan fingerprint density at radius 1 is 0.962 bits per heavy atom. The number of hydrogen-bond acceptors (Lipinski definition) is 10. The highest BCUT2D eigenvalue weighted by atomic mass is 16.8. The molecule has 3 fully saturated rings.